The van der Waals surface area contributed by atoms with Gasteiger partial charge in [0, 0.05) is 11.8 Å². The molecule has 2 aromatic rings. The van der Waals surface area contributed by atoms with Crippen molar-refractivity contribution in [2.24, 2.45) is 11.8 Å². The highest BCUT2D eigenvalue weighted by molar-refractivity contribution is 8.33. The van der Waals surface area contributed by atoms with Gasteiger partial charge in [-0.2, -0.15) is 10.0 Å². The molecule has 0 unspecified atom stereocenters. The van der Waals surface area contributed by atoms with Gasteiger partial charge in [0.15, 0.2) is 10.1 Å². The topological polar surface area (TPSA) is 17.1 Å². The smallest absolute Gasteiger partial charge is 0.179 e. The average molecular weight is 379 g/mol. The lowest BCUT2D eigenvalue weighted by Gasteiger charge is -2.44. The van der Waals surface area contributed by atoms with E-state index in [1.54, 1.807) is 0 Å². The maximum Gasteiger partial charge on any atom is 0.179 e. The molecule has 0 amide bonds. The fourth-order valence-electron chi connectivity index (χ4n) is 4.21. The van der Waals surface area contributed by atoms with Crippen LogP contribution in [-0.2, 0) is 4.79 Å². The Morgan fingerprint density at radius 1 is 0.833 bits per heavy atom. The largest absolute Gasteiger partial charge is 0.296 e. The summed E-state index contributed by atoms with van der Waals surface area (Å²) in [4.78, 5) is 15.1. The minimum absolute atomic E-state index is 0.0344. The summed E-state index contributed by atoms with van der Waals surface area (Å²) < 4.78 is -1.16. The van der Waals surface area contributed by atoms with E-state index in [-0.39, 0.29) is 17.6 Å². The van der Waals surface area contributed by atoms with Gasteiger partial charge in [0.25, 0.3) is 0 Å². The summed E-state index contributed by atoms with van der Waals surface area (Å²) in [6.45, 7) is 0. The number of Topliss-reactive ketones (excluding diaryl/α,β-unsaturated/α-hetero) is 1. The molecular formula is C20H20Cl2OS. The summed E-state index contributed by atoms with van der Waals surface area (Å²) >= 11 is 12.6. The van der Waals surface area contributed by atoms with Gasteiger partial charge in [0.2, 0.25) is 0 Å². The molecule has 24 heavy (non-hydrogen) atoms. The molecule has 4 heteroatoms. The summed E-state index contributed by atoms with van der Waals surface area (Å²) in [7, 11) is -1.16. The Morgan fingerprint density at radius 3 is 1.88 bits per heavy atom. The van der Waals surface area contributed by atoms with E-state index in [9.17, 15) is 4.79 Å². The first kappa shape index (κ1) is 16.5. The Hall–Kier alpha value is -0.960. The fraction of sp³-hybridized carbons (Fsp3) is 0.350. The van der Waals surface area contributed by atoms with E-state index in [2.05, 4.69) is 60.7 Å². The Balaban J connectivity index is 1.77. The fourth-order valence-corrected chi connectivity index (χ4v) is 9.10. The van der Waals surface area contributed by atoms with Crippen molar-refractivity contribution >= 4 is 39.0 Å². The highest BCUT2D eigenvalue weighted by Gasteiger charge is 2.61. The van der Waals surface area contributed by atoms with Gasteiger partial charge in [-0.1, -0.05) is 59.6 Å². The number of hydrogen-bond donors (Lipinski definition) is 0. The zero-order valence-electron chi connectivity index (χ0n) is 13.3. The van der Waals surface area contributed by atoms with Gasteiger partial charge in [0.1, 0.15) is 0 Å². The van der Waals surface area contributed by atoms with Crippen LogP contribution in [0.3, 0.4) is 0 Å². The molecule has 2 aliphatic rings. The number of benzene rings is 2. The van der Waals surface area contributed by atoms with E-state index in [1.807, 2.05) is 0 Å². The molecule has 1 saturated carbocycles. The lowest BCUT2D eigenvalue weighted by atomic mass is 9.68. The number of rotatable bonds is 2. The maximum atomic E-state index is 12.3. The van der Waals surface area contributed by atoms with Gasteiger partial charge < -0.3 is 0 Å². The van der Waals surface area contributed by atoms with Crippen molar-refractivity contribution in [3.63, 3.8) is 0 Å². The van der Waals surface area contributed by atoms with Crippen LogP contribution in [0.15, 0.2) is 70.5 Å². The van der Waals surface area contributed by atoms with E-state index < -0.39 is 14.4 Å². The van der Waals surface area contributed by atoms with Crippen LogP contribution in [0.4, 0.5) is 0 Å². The Kier molecular flexibility index (Phi) is 4.19. The number of fused-ring (bicyclic) bond motifs is 1. The zero-order valence-corrected chi connectivity index (χ0v) is 15.7. The summed E-state index contributed by atoms with van der Waals surface area (Å²) in [5.74, 6) is 2.28. The third kappa shape index (κ3) is 2.42. The van der Waals surface area contributed by atoms with Crippen molar-refractivity contribution in [3.8, 4) is 0 Å². The van der Waals surface area contributed by atoms with E-state index in [0.717, 1.165) is 24.3 Å². The van der Waals surface area contributed by atoms with E-state index in [0.29, 0.717) is 0 Å². The van der Waals surface area contributed by atoms with Crippen molar-refractivity contribution in [2.45, 2.75) is 27.0 Å². The van der Waals surface area contributed by atoms with Crippen LogP contribution in [0.25, 0.3) is 0 Å². The molecule has 1 nitrogen and oxygen atoms in total. The number of carbonyl (C=O) groups excluding carboxylic acids is 1. The van der Waals surface area contributed by atoms with Crippen LogP contribution in [0, 0.1) is 11.8 Å². The van der Waals surface area contributed by atoms with Crippen molar-refractivity contribution < 1.29 is 4.79 Å². The van der Waals surface area contributed by atoms with Crippen LogP contribution in [0.2, 0.25) is 0 Å². The summed E-state index contributed by atoms with van der Waals surface area (Å²) in [6, 6.07) is 21.6. The minimum atomic E-state index is -1.16. The highest BCUT2D eigenvalue weighted by atomic mass is 35.5. The SMILES string of the molecule is O=C1[C@@H]2CCS(c3ccccc3)(c3ccccc3)CC[C@H]2C1(Cl)Cl. The van der Waals surface area contributed by atoms with Crippen molar-refractivity contribution in [3.05, 3.63) is 60.7 Å². The van der Waals surface area contributed by atoms with Crippen molar-refractivity contribution in [1.82, 2.24) is 0 Å². The number of hydrogen-bond acceptors (Lipinski definition) is 1. The van der Waals surface area contributed by atoms with Crippen LogP contribution in [0.5, 0.6) is 0 Å². The summed E-state index contributed by atoms with van der Waals surface area (Å²) in [5, 5.41) is 0. The molecule has 2 aromatic carbocycles. The van der Waals surface area contributed by atoms with Gasteiger partial charge in [-0.3, -0.25) is 4.79 Å². The average Bonchev–Trinajstić information content (AvgIpc) is 2.83. The van der Waals surface area contributed by atoms with Gasteiger partial charge >= 0.3 is 0 Å². The third-order valence-corrected chi connectivity index (χ3v) is 10.7. The molecule has 0 aromatic heterocycles. The molecule has 1 aliphatic carbocycles. The molecule has 0 bridgehead atoms. The van der Waals surface area contributed by atoms with Crippen molar-refractivity contribution in [2.75, 3.05) is 11.5 Å². The van der Waals surface area contributed by atoms with Gasteiger partial charge in [0.05, 0.1) is 0 Å². The molecule has 2 fully saturated rings. The second-order valence-corrected chi connectivity index (χ2v) is 11.6. The van der Waals surface area contributed by atoms with Crippen LogP contribution < -0.4 is 0 Å². The zero-order chi connectivity index (χ0) is 16.8. The van der Waals surface area contributed by atoms with E-state index in [1.165, 1.54) is 9.79 Å². The Labute approximate surface area is 154 Å². The number of alkyl halides is 2. The molecule has 4 rings (SSSR count). The molecule has 126 valence electrons. The standard InChI is InChI=1S/C20H20Cl2OS/c21-20(22)18-12-14-24(13-11-17(18)19(20)23,15-7-3-1-4-8-15)16-9-5-2-6-10-16/h1-10,17-18H,11-14H2/t17-,18-/m1/s1. The van der Waals surface area contributed by atoms with E-state index in [4.69, 9.17) is 23.2 Å². The molecule has 1 aliphatic heterocycles. The lowest BCUT2D eigenvalue weighted by molar-refractivity contribution is -0.135. The summed E-state index contributed by atoms with van der Waals surface area (Å²) in [6.07, 6.45) is 1.81. The molecule has 1 heterocycles. The molecule has 0 N–H and O–H groups in total. The molecule has 0 radical (unpaired) electrons. The minimum Gasteiger partial charge on any atom is -0.296 e. The normalized spacial score (nSPS) is 29.0. The van der Waals surface area contributed by atoms with Crippen LogP contribution in [-0.4, -0.2) is 21.6 Å². The quantitative estimate of drug-likeness (QED) is 0.613. The summed E-state index contributed by atoms with van der Waals surface area (Å²) in [5.41, 5.74) is 0. The first-order valence-corrected chi connectivity index (χ1v) is 11.1. The molecule has 1 saturated heterocycles. The number of carbonyl (C=O) groups is 1. The first-order chi connectivity index (χ1) is 11.6. The second kappa shape index (κ2) is 6.09. The van der Waals surface area contributed by atoms with E-state index >= 15 is 0 Å². The highest BCUT2D eigenvalue weighted by Crippen LogP contribution is 2.68. The molecular weight excluding hydrogens is 359 g/mol. The van der Waals surface area contributed by atoms with Gasteiger partial charge in [-0.15, -0.1) is 0 Å². The number of ketones is 1. The monoisotopic (exact) mass is 378 g/mol. The predicted octanol–water partition coefficient (Wildman–Crippen LogP) is 5.69. The predicted molar refractivity (Wildman–Crippen MR) is 102 cm³/mol. The second-order valence-electron chi connectivity index (χ2n) is 6.70. The molecule has 2 atom stereocenters. The Bertz CT molecular complexity index is 705. The first-order valence-electron chi connectivity index (χ1n) is 8.37. The van der Waals surface area contributed by atoms with Crippen LogP contribution in [0.1, 0.15) is 12.8 Å². The molecule has 0 spiro atoms. The van der Waals surface area contributed by atoms with Crippen molar-refractivity contribution in [1.29, 1.82) is 0 Å². The maximum absolute atomic E-state index is 12.3. The van der Waals surface area contributed by atoms with Gasteiger partial charge in [-0.05, 0) is 58.4 Å². The lowest BCUT2D eigenvalue weighted by Crippen LogP contribution is -2.56. The van der Waals surface area contributed by atoms with Crippen LogP contribution >= 0.6 is 33.2 Å². The third-order valence-electron chi connectivity index (χ3n) is 5.56. The number of halogens is 2. The Morgan fingerprint density at radius 2 is 1.33 bits per heavy atom. The van der Waals surface area contributed by atoms with Gasteiger partial charge in [-0.25, -0.2) is 0 Å².